The number of carbonyl (C=O) groups is 1. The Kier molecular flexibility index (Phi) is 4.81. The van der Waals surface area contributed by atoms with Gasteiger partial charge in [-0.15, -0.1) is 0 Å². The fourth-order valence-corrected chi connectivity index (χ4v) is 2.07. The molecule has 2 N–H and O–H groups in total. The third-order valence-electron chi connectivity index (χ3n) is 3.09. The maximum Gasteiger partial charge on any atom is 0.258 e. The van der Waals surface area contributed by atoms with Crippen LogP contribution in [0.3, 0.4) is 0 Å². The summed E-state index contributed by atoms with van der Waals surface area (Å²) in [6, 6.07) is 5.24. The van der Waals surface area contributed by atoms with Gasteiger partial charge in [0.2, 0.25) is 0 Å². The first-order valence-electron chi connectivity index (χ1n) is 6.65. The number of hydrogen-bond donors (Lipinski definition) is 2. The number of amides is 1. The average molecular weight is 289 g/mol. The van der Waals surface area contributed by atoms with Gasteiger partial charge in [-0.1, -0.05) is 6.07 Å². The summed E-state index contributed by atoms with van der Waals surface area (Å²) in [5, 5.41) is 2.86. The minimum Gasteiger partial charge on any atom is -0.496 e. The molecule has 0 unspecified atom stereocenters. The van der Waals surface area contributed by atoms with Crippen LogP contribution in [0.5, 0.6) is 11.5 Å². The zero-order valence-electron chi connectivity index (χ0n) is 12.4. The lowest BCUT2D eigenvalue weighted by atomic mass is 10.1. The highest BCUT2D eigenvalue weighted by molar-refractivity contribution is 5.99. The molecule has 0 spiro atoms. The Labute approximate surface area is 123 Å². The van der Waals surface area contributed by atoms with Gasteiger partial charge in [-0.25, -0.2) is 4.98 Å². The average Bonchev–Trinajstić information content (AvgIpc) is 2.91. The Morgan fingerprint density at radius 3 is 2.48 bits per heavy atom. The van der Waals surface area contributed by atoms with Crippen molar-refractivity contribution in [3.63, 3.8) is 0 Å². The predicted octanol–water partition coefficient (Wildman–Crippen LogP) is 1.71. The number of aromatic amines is 1. The normalized spacial score (nSPS) is 10.2. The smallest absolute Gasteiger partial charge is 0.258 e. The quantitative estimate of drug-likeness (QED) is 0.848. The Hall–Kier alpha value is -2.50. The van der Waals surface area contributed by atoms with E-state index < -0.39 is 0 Å². The highest BCUT2D eigenvalue weighted by Gasteiger charge is 2.17. The van der Waals surface area contributed by atoms with Crippen LogP contribution < -0.4 is 14.8 Å². The fourth-order valence-electron chi connectivity index (χ4n) is 2.07. The maximum atomic E-state index is 12.3. The van der Waals surface area contributed by atoms with E-state index in [4.69, 9.17) is 9.47 Å². The van der Waals surface area contributed by atoms with Gasteiger partial charge in [0.25, 0.3) is 5.91 Å². The lowest BCUT2D eigenvalue weighted by molar-refractivity contribution is 0.0948. The van der Waals surface area contributed by atoms with Crippen LogP contribution >= 0.6 is 0 Å². The summed E-state index contributed by atoms with van der Waals surface area (Å²) in [6.45, 7) is 2.39. The second-order valence-electron chi connectivity index (χ2n) is 4.54. The SMILES string of the molecule is COc1cccc(OC)c1C(=O)NCCc1cnc(C)[nH]1. The largest absolute Gasteiger partial charge is 0.496 e. The summed E-state index contributed by atoms with van der Waals surface area (Å²) in [5.74, 6) is 1.62. The zero-order valence-corrected chi connectivity index (χ0v) is 12.4. The van der Waals surface area contributed by atoms with Crippen molar-refractivity contribution in [1.82, 2.24) is 15.3 Å². The highest BCUT2D eigenvalue weighted by atomic mass is 16.5. The number of nitrogens with zero attached hydrogens (tertiary/aromatic N) is 1. The van der Waals surface area contributed by atoms with Crippen molar-refractivity contribution in [3.05, 3.63) is 41.5 Å². The molecule has 0 aliphatic rings. The Bertz CT molecular complexity index is 600. The number of rotatable bonds is 6. The number of nitrogens with one attached hydrogen (secondary N) is 2. The van der Waals surface area contributed by atoms with Gasteiger partial charge in [-0.05, 0) is 19.1 Å². The molecule has 1 aromatic heterocycles. The van der Waals surface area contributed by atoms with Crippen molar-refractivity contribution in [3.8, 4) is 11.5 Å². The number of benzene rings is 1. The lowest BCUT2D eigenvalue weighted by Crippen LogP contribution is -2.26. The van der Waals surface area contributed by atoms with Gasteiger partial charge in [-0.3, -0.25) is 4.79 Å². The summed E-state index contributed by atoms with van der Waals surface area (Å²) in [4.78, 5) is 19.5. The molecule has 1 aromatic carbocycles. The number of aryl methyl sites for hydroxylation is 1. The van der Waals surface area contributed by atoms with Gasteiger partial charge in [0, 0.05) is 24.9 Å². The monoisotopic (exact) mass is 289 g/mol. The summed E-state index contributed by atoms with van der Waals surface area (Å²) >= 11 is 0. The van der Waals surface area contributed by atoms with E-state index in [1.54, 1.807) is 24.4 Å². The molecule has 1 heterocycles. The Balaban J connectivity index is 2.03. The molecule has 21 heavy (non-hydrogen) atoms. The molecule has 0 atom stereocenters. The molecule has 2 aromatic rings. The van der Waals surface area contributed by atoms with Crippen LogP contribution in [0.15, 0.2) is 24.4 Å². The molecule has 2 rings (SSSR count). The number of imidazole rings is 1. The molecule has 6 nitrogen and oxygen atoms in total. The number of hydrogen-bond acceptors (Lipinski definition) is 4. The number of ether oxygens (including phenoxy) is 2. The van der Waals surface area contributed by atoms with Crippen LogP contribution in [-0.2, 0) is 6.42 Å². The molecule has 0 bridgehead atoms. The zero-order chi connectivity index (χ0) is 15.2. The summed E-state index contributed by atoms with van der Waals surface area (Å²) < 4.78 is 10.4. The third-order valence-corrected chi connectivity index (χ3v) is 3.09. The molecule has 0 fully saturated rings. The lowest BCUT2D eigenvalue weighted by Gasteiger charge is -2.12. The number of aromatic nitrogens is 2. The minimum atomic E-state index is -0.222. The van der Waals surface area contributed by atoms with Crippen molar-refractivity contribution in [2.45, 2.75) is 13.3 Å². The van der Waals surface area contributed by atoms with Crippen LogP contribution in [0.2, 0.25) is 0 Å². The van der Waals surface area contributed by atoms with Gasteiger partial charge < -0.3 is 19.8 Å². The van der Waals surface area contributed by atoms with E-state index >= 15 is 0 Å². The summed E-state index contributed by atoms with van der Waals surface area (Å²) in [7, 11) is 3.05. The number of H-pyrrole nitrogens is 1. The van der Waals surface area contributed by atoms with Crippen molar-refractivity contribution in [2.24, 2.45) is 0 Å². The van der Waals surface area contributed by atoms with Crippen molar-refractivity contribution < 1.29 is 14.3 Å². The molecule has 0 saturated heterocycles. The van der Waals surface area contributed by atoms with Gasteiger partial charge in [0.05, 0.1) is 14.2 Å². The predicted molar refractivity (Wildman–Crippen MR) is 78.9 cm³/mol. The fraction of sp³-hybridized carbons (Fsp3) is 0.333. The van der Waals surface area contributed by atoms with E-state index in [2.05, 4.69) is 15.3 Å². The number of methoxy groups -OCH3 is 2. The molecule has 6 heteroatoms. The summed E-state index contributed by atoms with van der Waals surface area (Å²) in [5.41, 5.74) is 1.39. The van der Waals surface area contributed by atoms with Crippen molar-refractivity contribution in [2.75, 3.05) is 20.8 Å². The second kappa shape index (κ2) is 6.78. The van der Waals surface area contributed by atoms with E-state index in [1.165, 1.54) is 14.2 Å². The molecular weight excluding hydrogens is 270 g/mol. The van der Waals surface area contributed by atoms with Gasteiger partial charge in [0.1, 0.15) is 22.9 Å². The Morgan fingerprint density at radius 2 is 1.95 bits per heavy atom. The topological polar surface area (TPSA) is 76.2 Å². The maximum absolute atomic E-state index is 12.3. The van der Waals surface area contributed by atoms with E-state index in [1.807, 2.05) is 6.92 Å². The summed E-state index contributed by atoms with van der Waals surface area (Å²) in [6.07, 6.45) is 2.45. The van der Waals surface area contributed by atoms with Gasteiger partial charge in [-0.2, -0.15) is 0 Å². The molecule has 1 amide bonds. The van der Waals surface area contributed by atoms with Crippen molar-refractivity contribution in [1.29, 1.82) is 0 Å². The van der Waals surface area contributed by atoms with Gasteiger partial charge >= 0.3 is 0 Å². The van der Waals surface area contributed by atoms with Gasteiger partial charge in [0.15, 0.2) is 0 Å². The van der Waals surface area contributed by atoms with Crippen molar-refractivity contribution >= 4 is 5.91 Å². The van der Waals surface area contributed by atoms with E-state index in [0.717, 1.165) is 11.5 Å². The third kappa shape index (κ3) is 3.53. The van der Waals surface area contributed by atoms with Crippen LogP contribution in [-0.4, -0.2) is 36.6 Å². The molecule has 0 radical (unpaired) electrons. The van der Waals surface area contributed by atoms with Crippen LogP contribution in [0, 0.1) is 6.92 Å². The highest BCUT2D eigenvalue weighted by Crippen LogP contribution is 2.27. The second-order valence-corrected chi connectivity index (χ2v) is 4.54. The van der Waals surface area contributed by atoms with Crippen LogP contribution in [0.4, 0.5) is 0 Å². The standard InChI is InChI=1S/C15H19N3O3/c1-10-17-9-11(18-10)7-8-16-15(19)14-12(20-2)5-4-6-13(14)21-3/h4-6,9H,7-8H2,1-3H3,(H,16,19)(H,17,18). The van der Waals surface area contributed by atoms with E-state index in [0.29, 0.717) is 30.0 Å². The minimum absolute atomic E-state index is 0.222. The molecule has 0 saturated carbocycles. The molecule has 0 aliphatic carbocycles. The first-order chi connectivity index (χ1) is 10.2. The van der Waals surface area contributed by atoms with E-state index in [9.17, 15) is 4.79 Å². The molecule has 0 aliphatic heterocycles. The molecular formula is C15H19N3O3. The Morgan fingerprint density at radius 1 is 1.29 bits per heavy atom. The van der Waals surface area contributed by atoms with Crippen LogP contribution in [0.1, 0.15) is 21.9 Å². The van der Waals surface area contributed by atoms with E-state index in [-0.39, 0.29) is 5.91 Å². The number of carbonyl (C=O) groups excluding carboxylic acids is 1. The first kappa shape index (κ1) is 14.9. The first-order valence-corrected chi connectivity index (χ1v) is 6.65. The van der Waals surface area contributed by atoms with Crippen LogP contribution in [0.25, 0.3) is 0 Å². The molecule has 112 valence electrons.